The minimum Gasteiger partial charge on any atom is -0.508 e. The van der Waals surface area contributed by atoms with Crippen molar-refractivity contribution in [3.63, 3.8) is 0 Å². The summed E-state index contributed by atoms with van der Waals surface area (Å²) in [6.07, 6.45) is 6.35. The fourth-order valence-electron chi connectivity index (χ4n) is 6.46. The molecule has 5 rings (SSSR count). The third-order valence-corrected chi connectivity index (χ3v) is 7.21. The molecule has 2 unspecified atom stereocenters. The molecule has 2 aromatic carbocycles. The Kier molecular flexibility index (Phi) is 2.94. The number of nitrogens with zero attached hydrogens (tertiary/aromatic N) is 1. The predicted octanol–water partition coefficient (Wildman–Crippen LogP) is 4.53. The monoisotopic (exact) mass is 319 g/mol. The molecule has 0 spiro atoms. The van der Waals surface area contributed by atoms with Gasteiger partial charge in [0.15, 0.2) is 0 Å². The zero-order valence-corrected chi connectivity index (χ0v) is 14.3. The van der Waals surface area contributed by atoms with Gasteiger partial charge in [-0.1, -0.05) is 49.2 Å². The molecule has 1 saturated heterocycles. The average molecular weight is 319 g/mol. The molecule has 3 atom stereocenters. The van der Waals surface area contributed by atoms with E-state index < -0.39 is 0 Å². The zero-order valence-electron chi connectivity index (χ0n) is 14.3. The highest BCUT2D eigenvalue weighted by atomic mass is 16.3. The van der Waals surface area contributed by atoms with Crippen molar-refractivity contribution in [3.05, 3.63) is 65.2 Å². The molecular weight excluding hydrogens is 294 g/mol. The highest BCUT2D eigenvalue weighted by molar-refractivity contribution is 5.56. The maximum Gasteiger partial charge on any atom is 0.115 e. The van der Waals surface area contributed by atoms with Gasteiger partial charge in [0.05, 0.1) is 0 Å². The SMILES string of the molecule is CN1CCC23CCCCC2(c2cccc(O)c2)[C@H]1c1ccccc13. The van der Waals surface area contributed by atoms with Gasteiger partial charge in [-0.05, 0) is 61.7 Å². The van der Waals surface area contributed by atoms with Crippen LogP contribution in [0.1, 0.15) is 54.8 Å². The summed E-state index contributed by atoms with van der Waals surface area (Å²) in [4.78, 5) is 2.57. The van der Waals surface area contributed by atoms with Crippen molar-refractivity contribution in [2.75, 3.05) is 13.6 Å². The Morgan fingerprint density at radius 3 is 2.71 bits per heavy atom. The van der Waals surface area contributed by atoms with E-state index in [0.717, 1.165) is 0 Å². The molecule has 2 nitrogen and oxygen atoms in total. The lowest BCUT2D eigenvalue weighted by molar-refractivity contribution is 0.00332. The molecule has 1 N–H and O–H groups in total. The van der Waals surface area contributed by atoms with Gasteiger partial charge < -0.3 is 5.11 Å². The Morgan fingerprint density at radius 2 is 1.83 bits per heavy atom. The maximum atomic E-state index is 10.2. The van der Waals surface area contributed by atoms with Crippen LogP contribution in [0.4, 0.5) is 0 Å². The molecule has 1 saturated carbocycles. The first-order valence-corrected chi connectivity index (χ1v) is 9.28. The summed E-state index contributed by atoms with van der Waals surface area (Å²) in [7, 11) is 2.29. The maximum absolute atomic E-state index is 10.2. The van der Waals surface area contributed by atoms with Crippen LogP contribution in [0, 0.1) is 0 Å². The third kappa shape index (κ3) is 1.56. The Balaban J connectivity index is 1.84. The molecular formula is C22H25NO. The molecule has 1 heterocycles. The van der Waals surface area contributed by atoms with Crippen molar-refractivity contribution in [2.24, 2.45) is 0 Å². The van der Waals surface area contributed by atoms with Gasteiger partial charge in [-0.2, -0.15) is 0 Å². The molecule has 3 aliphatic rings. The van der Waals surface area contributed by atoms with Crippen molar-refractivity contribution >= 4 is 0 Å². The number of fused-ring (bicyclic) bond motifs is 2. The van der Waals surface area contributed by atoms with Gasteiger partial charge in [0.1, 0.15) is 5.75 Å². The number of benzene rings is 2. The van der Waals surface area contributed by atoms with Crippen LogP contribution in [0.25, 0.3) is 0 Å². The van der Waals surface area contributed by atoms with Crippen molar-refractivity contribution < 1.29 is 5.11 Å². The van der Waals surface area contributed by atoms with Crippen LogP contribution in [-0.2, 0) is 10.8 Å². The van der Waals surface area contributed by atoms with Gasteiger partial charge in [-0.3, -0.25) is 4.90 Å². The molecule has 124 valence electrons. The lowest BCUT2D eigenvalue weighted by Gasteiger charge is -2.58. The Bertz CT molecular complexity index is 800. The first-order valence-electron chi connectivity index (χ1n) is 9.28. The third-order valence-electron chi connectivity index (χ3n) is 7.21. The second-order valence-electron chi connectivity index (χ2n) is 8.03. The van der Waals surface area contributed by atoms with E-state index in [-0.39, 0.29) is 10.8 Å². The molecule has 2 aliphatic carbocycles. The van der Waals surface area contributed by atoms with Crippen LogP contribution in [0.2, 0.25) is 0 Å². The van der Waals surface area contributed by atoms with Crippen LogP contribution in [-0.4, -0.2) is 23.6 Å². The zero-order chi connectivity index (χ0) is 16.4. The molecule has 2 bridgehead atoms. The molecule has 0 aromatic heterocycles. The van der Waals surface area contributed by atoms with Gasteiger partial charge in [-0.15, -0.1) is 0 Å². The number of hydrogen-bond acceptors (Lipinski definition) is 2. The predicted molar refractivity (Wildman–Crippen MR) is 96.4 cm³/mol. The first kappa shape index (κ1) is 14.5. The van der Waals surface area contributed by atoms with E-state index in [2.05, 4.69) is 42.3 Å². The van der Waals surface area contributed by atoms with Gasteiger partial charge in [0.2, 0.25) is 0 Å². The van der Waals surface area contributed by atoms with E-state index >= 15 is 0 Å². The second-order valence-corrected chi connectivity index (χ2v) is 8.03. The molecule has 24 heavy (non-hydrogen) atoms. The second kappa shape index (κ2) is 4.86. The summed E-state index contributed by atoms with van der Waals surface area (Å²) in [6.45, 7) is 1.17. The van der Waals surface area contributed by atoms with E-state index in [4.69, 9.17) is 0 Å². The molecule has 2 aromatic rings. The van der Waals surface area contributed by atoms with Gasteiger partial charge in [0.25, 0.3) is 0 Å². The van der Waals surface area contributed by atoms with Gasteiger partial charge >= 0.3 is 0 Å². The Labute approximate surface area is 144 Å². The summed E-state index contributed by atoms with van der Waals surface area (Å²) >= 11 is 0. The highest BCUT2D eigenvalue weighted by Gasteiger charge is 2.66. The van der Waals surface area contributed by atoms with E-state index in [1.165, 1.54) is 49.8 Å². The summed E-state index contributed by atoms with van der Waals surface area (Å²) in [5, 5.41) is 10.2. The number of piperidine rings is 1. The lowest BCUT2D eigenvalue weighted by atomic mass is 9.50. The number of likely N-dealkylation sites (N-methyl/N-ethyl adjacent to an activating group) is 1. The van der Waals surface area contributed by atoms with E-state index in [9.17, 15) is 5.11 Å². The molecule has 0 amide bonds. The van der Waals surface area contributed by atoms with Crippen LogP contribution >= 0.6 is 0 Å². The standard InChI is InChI=1S/C22H25NO/c1-23-14-13-21-11-4-5-12-22(21,16-7-6-8-17(24)15-16)20(23)18-9-2-3-10-19(18)21/h2-3,6-10,15,20,24H,4-5,11-14H2,1H3/t20-,21?,22?/m1/s1. The van der Waals surface area contributed by atoms with Crippen LogP contribution in [0.3, 0.4) is 0 Å². The molecule has 1 aliphatic heterocycles. The minimum absolute atomic E-state index is 0.112. The Hall–Kier alpha value is -1.80. The van der Waals surface area contributed by atoms with Crippen molar-refractivity contribution in [1.82, 2.24) is 4.90 Å². The minimum atomic E-state index is 0.112. The number of hydrogen-bond donors (Lipinski definition) is 1. The summed E-state index contributed by atoms with van der Waals surface area (Å²) in [6, 6.07) is 17.7. The summed E-state index contributed by atoms with van der Waals surface area (Å²) in [5.74, 6) is 0.402. The number of aromatic hydroxyl groups is 1. The number of phenolic OH excluding ortho intramolecular Hbond substituents is 1. The molecule has 2 heteroatoms. The van der Waals surface area contributed by atoms with E-state index in [0.29, 0.717) is 11.8 Å². The fourth-order valence-corrected chi connectivity index (χ4v) is 6.46. The topological polar surface area (TPSA) is 23.5 Å². The number of likely N-dealkylation sites (tertiary alicyclic amines) is 1. The fraction of sp³-hybridized carbons (Fsp3) is 0.455. The van der Waals surface area contributed by atoms with Crippen molar-refractivity contribution in [2.45, 2.75) is 49.0 Å². The number of phenols is 1. The average Bonchev–Trinajstić information content (AvgIpc) is 2.81. The van der Waals surface area contributed by atoms with Gasteiger partial charge in [0, 0.05) is 16.9 Å². The highest BCUT2D eigenvalue weighted by Crippen LogP contribution is 2.69. The Morgan fingerprint density at radius 1 is 1.00 bits per heavy atom. The first-order chi connectivity index (χ1) is 11.7. The summed E-state index contributed by atoms with van der Waals surface area (Å²) < 4.78 is 0. The van der Waals surface area contributed by atoms with Crippen molar-refractivity contribution in [1.29, 1.82) is 0 Å². The molecule has 0 radical (unpaired) electrons. The summed E-state index contributed by atoms with van der Waals surface area (Å²) in [5.41, 5.74) is 4.81. The normalized spacial score (nSPS) is 34.6. The van der Waals surface area contributed by atoms with Gasteiger partial charge in [-0.25, -0.2) is 0 Å². The van der Waals surface area contributed by atoms with E-state index in [1.54, 1.807) is 11.6 Å². The number of rotatable bonds is 1. The van der Waals surface area contributed by atoms with E-state index in [1.807, 2.05) is 12.1 Å². The molecule has 2 fully saturated rings. The largest absolute Gasteiger partial charge is 0.508 e. The van der Waals surface area contributed by atoms with Crippen LogP contribution in [0.5, 0.6) is 5.75 Å². The smallest absolute Gasteiger partial charge is 0.115 e. The lowest BCUT2D eigenvalue weighted by Crippen LogP contribution is -2.58. The van der Waals surface area contributed by atoms with Crippen LogP contribution in [0.15, 0.2) is 48.5 Å². The van der Waals surface area contributed by atoms with Crippen molar-refractivity contribution in [3.8, 4) is 5.75 Å². The quantitative estimate of drug-likeness (QED) is 0.834. The van der Waals surface area contributed by atoms with Crippen LogP contribution < -0.4 is 0 Å².